The number of aromatic nitrogens is 3. The van der Waals surface area contributed by atoms with Crippen molar-refractivity contribution in [2.75, 3.05) is 29.6 Å². The van der Waals surface area contributed by atoms with Gasteiger partial charge in [0, 0.05) is 72.3 Å². The number of carbonyl (C=O) groups is 2. The van der Waals surface area contributed by atoms with E-state index in [0.29, 0.717) is 29.2 Å². The van der Waals surface area contributed by atoms with Crippen LogP contribution < -0.4 is 10.2 Å². The zero-order valence-electron chi connectivity index (χ0n) is 26.2. The predicted molar refractivity (Wildman–Crippen MR) is 167 cm³/mol. The van der Waals surface area contributed by atoms with E-state index in [-0.39, 0.29) is 42.3 Å². The molecule has 3 heterocycles. The zero-order valence-corrected chi connectivity index (χ0v) is 27.0. The highest BCUT2D eigenvalue weighted by atomic mass is 32.2. The molecule has 0 saturated carbocycles. The van der Waals surface area contributed by atoms with Crippen molar-refractivity contribution in [2.45, 2.75) is 83.3 Å². The van der Waals surface area contributed by atoms with Gasteiger partial charge in [-0.3, -0.25) is 9.48 Å². The minimum atomic E-state index is -3.20. The first kappa shape index (κ1) is 33.0. The average Bonchev–Trinajstić information content (AvgIpc) is 3.32. The predicted octanol–water partition coefficient (Wildman–Crippen LogP) is 7.10. The highest BCUT2D eigenvalue weighted by Gasteiger charge is 2.34. The van der Waals surface area contributed by atoms with Crippen LogP contribution >= 0.6 is 0 Å². The van der Waals surface area contributed by atoms with Gasteiger partial charge in [0.15, 0.2) is 0 Å². The van der Waals surface area contributed by atoms with Crippen molar-refractivity contribution in [2.24, 2.45) is 4.36 Å². The number of nitrogens with one attached hydrogen (secondary N) is 1. The van der Waals surface area contributed by atoms with Crippen molar-refractivity contribution in [3.63, 3.8) is 0 Å². The van der Waals surface area contributed by atoms with Gasteiger partial charge in [-0.1, -0.05) is 6.07 Å². The molecule has 10 nitrogen and oxygen atoms in total. The van der Waals surface area contributed by atoms with Crippen molar-refractivity contribution < 1.29 is 27.3 Å². The van der Waals surface area contributed by atoms with Crippen LogP contribution in [0, 0.1) is 6.92 Å². The second kappa shape index (κ2) is 12.6. The Kier molecular flexibility index (Phi) is 9.48. The van der Waals surface area contributed by atoms with Crippen molar-refractivity contribution in [3.8, 4) is 11.1 Å². The SMILES string of the molecule is Cc1c(-c2cnn(C(C)C)c2)cnc(N2CCCC(F)(F)CC2)c1C(=O)Nc1cccc([S@@](C)(=O)=NC(=O)OC(C)(C)C)c1. The Morgan fingerprint density at radius 2 is 1.89 bits per heavy atom. The maximum absolute atomic E-state index is 14.2. The van der Waals surface area contributed by atoms with E-state index < -0.39 is 33.3 Å². The van der Waals surface area contributed by atoms with E-state index in [1.54, 1.807) is 67.9 Å². The molecule has 0 spiro atoms. The fourth-order valence-corrected chi connectivity index (χ4v) is 6.01. The molecule has 1 saturated heterocycles. The van der Waals surface area contributed by atoms with Gasteiger partial charge < -0.3 is 15.0 Å². The molecule has 2 aromatic heterocycles. The summed E-state index contributed by atoms with van der Waals surface area (Å²) in [5.74, 6) is -2.98. The second-order valence-electron chi connectivity index (χ2n) is 12.4. The number of ether oxygens (including phenoxy) is 1. The number of alkyl halides is 2. The molecule has 44 heavy (non-hydrogen) atoms. The number of carbonyl (C=O) groups excluding carboxylic acids is 2. The molecular formula is C31H40F2N6O4S. The third-order valence-corrected chi connectivity index (χ3v) is 8.80. The quantitative estimate of drug-likeness (QED) is 0.308. The number of rotatable bonds is 6. The first-order chi connectivity index (χ1) is 20.5. The highest BCUT2D eigenvalue weighted by Crippen LogP contribution is 2.35. The summed E-state index contributed by atoms with van der Waals surface area (Å²) in [6.07, 6.45) is 5.28. The van der Waals surface area contributed by atoms with Gasteiger partial charge in [-0.25, -0.2) is 22.8 Å². The van der Waals surface area contributed by atoms with Gasteiger partial charge in [0.05, 0.1) is 21.5 Å². The summed E-state index contributed by atoms with van der Waals surface area (Å²) in [6, 6.07) is 6.38. The summed E-state index contributed by atoms with van der Waals surface area (Å²) in [6.45, 7) is 11.2. The van der Waals surface area contributed by atoms with Gasteiger partial charge in [0.1, 0.15) is 11.4 Å². The van der Waals surface area contributed by atoms with Crippen LogP contribution in [0.2, 0.25) is 0 Å². The van der Waals surface area contributed by atoms with E-state index in [0.717, 1.165) is 5.56 Å². The maximum Gasteiger partial charge on any atom is 0.442 e. The Bertz CT molecular complexity index is 1670. The number of halogens is 2. The van der Waals surface area contributed by atoms with Crippen LogP contribution in [0.15, 0.2) is 52.1 Å². The van der Waals surface area contributed by atoms with Crippen molar-refractivity contribution in [1.29, 1.82) is 0 Å². The zero-order chi connectivity index (χ0) is 32.4. The molecule has 0 aliphatic carbocycles. The average molecular weight is 631 g/mol. The lowest BCUT2D eigenvalue weighted by atomic mass is 9.99. The normalized spacial score (nSPS) is 16.6. The molecule has 1 N–H and O–H groups in total. The summed E-state index contributed by atoms with van der Waals surface area (Å²) >= 11 is 0. The first-order valence-corrected chi connectivity index (χ1v) is 16.4. The third kappa shape index (κ3) is 7.99. The van der Waals surface area contributed by atoms with Crippen LogP contribution in [-0.2, 0) is 14.5 Å². The molecule has 238 valence electrons. The van der Waals surface area contributed by atoms with Gasteiger partial charge in [-0.05, 0) is 71.7 Å². The lowest BCUT2D eigenvalue weighted by Gasteiger charge is -2.26. The summed E-state index contributed by atoms with van der Waals surface area (Å²) < 4.78 is 52.6. The molecule has 0 radical (unpaired) electrons. The smallest absolute Gasteiger partial charge is 0.442 e. The maximum atomic E-state index is 14.2. The van der Waals surface area contributed by atoms with E-state index in [4.69, 9.17) is 4.74 Å². The molecule has 3 aromatic rings. The van der Waals surface area contributed by atoms with Crippen LogP contribution in [0.25, 0.3) is 11.1 Å². The van der Waals surface area contributed by atoms with Crippen LogP contribution in [0.5, 0.6) is 0 Å². The lowest BCUT2D eigenvalue weighted by Crippen LogP contribution is -2.30. The Morgan fingerprint density at radius 1 is 1.16 bits per heavy atom. The molecule has 4 rings (SSSR count). The summed E-state index contributed by atoms with van der Waals surface area (Å²) in [4.78, 5) is 32.9. The van der Waals surface area contributed by atoms with Crippen LogP contribution in [0.1, 0.15) is 75.8 Å². The first-order valence-electron chi connectivity index (χ1n) is 14.5. The fourth-order valence-electron chi connectivity index (χ4n) is 4.91. The molecule has 2 amide bonds. The highest BCUT2D eigenvalue weighted by molar-refractivity contribution is 7.93. The number of amides is 2. The Hall–Kier alpha value is -3.87. The Balaban J connectivity index is 1.73. The number of hydrogen-bond acceptors (Lipinski definition) is 7. The third-order valence-electron chi connectivity index (χ3n) is 7.18. The van der Waals surface area contributed by atoms with Gasteiger partial charge in [-0.2, -0.15) is 5.10 Å². The van der Waals surface area contributed by atoms with Crippen LogP contribution in [-0.4, -0.2) is 61.8 Å². The number of hydrogen-bond donors (Lipinski definition) is 1. The van der Waals surface area contributed by atoms with Crippen LogP contribution in [0.4, 0.5) is 25.1 Å². The molecule has 1 fully saturated rings. The standard InChI is InChI=1S/C31H40F2N6O4S/c1-20(2)39-19-22(17-35-39)25-18-34-27(38-14-9-12-31(32,33)13-15-38)26(21(25)3)28(40)36-23-10-8-11-24(16-23)44(7,42)37-29(41)43-30(4,5)6/h8,10-11,16-20H,9,12-15H2,1-7H3,(H,36,40)/t44-/m1/s1. The van der Waals surface area contributed by atoms with E-state index in [9.17, 15) is 22.6 Å². The molecule has 13 heteroatoms. The Labute approximate surface area is 257 Å². The topological polar surface area (TPSA) is 119 Å². The summed E-state index contributed by atoms with van der Waals surface area (Å²) in [5, 5.41) is 7.27. The van der Waals surface area contributed by atoms with E-state index in [1.165, 1.54) is 12.3 Å². The number of nitrogens with zero attached hydrogens (tertiary/aromatic N) is 5. The minimum Gasteiger partial charge on any atom is -0.442 e. The summed E-state index contributed by atoms with van der Waals surface area (Å²) in [7, 11) is -3.20. The Morgan fingerprint density at radius 3 is 2.55 bits per heavy atom. The molecule has 1 aliphatic rings. The molecule has 1 aromatic carbocycles. The molecule has 1 atom stereocenters. The van der Waals surface area contributed by atoms with Gasteiger partial charge in [-0.15, -0.1) is 4.36 Å². The van der Waals surface area contributed by atoms with Gasteiger partial charge >= 0.3 is 6.09 Å². The summed E-state index contributed by atoms with van der Waals surface area (Å²) in [5.41, 5.74) is 1.82. The minimum absolute atomic E-state index is 0.0455. The van der Waals surface area contributed by atoms with E-state index >= 15 is 0 Å². The van der Waals surface area contributed by atoms with Gasteiger partial charge in [0.2, 0.25) is 5.92 Å². The largest absolute Gasteiger partial charge is 0.442 e. The second-order valence-corrected chi connectivity index (χ2v) is 14.6. The number of benzene rings is 1. The number of anilines is 2. The fraction of sp³-hybridized carbons (Fsp3) is 0.484. The monoisotopic (exact) mass is 630 g/mol. The van der Waals surface area contributed by atoms with Gasteiger partial charge in [0.25, 0.3) is 5.91 Å². The van der Waals surface area contributed by atoms with E-state index in [2.05, 4.69) is 19.8 Å². The molecule has 1 aliphatic heterocycles. The molecule has 0 unspecified atom stereocenters. The van der Waals surface area contributed by atoms with Crippen LogP contribution in [0.3, 0.4) is 0 Å². The van der Waals surface area contributed by atoms with Crippen molar-refractivity contribution in [1.82, 2.24) is 14.8 Å². The number of pyridine rings is 1. The van der Waals surface area contributed by atoms with Crippen molar-refractivity contribution >= 4 is 33.2 Å². The lowest BCUT2D eigenvalue weighted by molar-refractivity contribution is -0.0102. The molecular weight excluding hydrogens is 590 g/mol. The molecule has 0 bridgehead atoms. The van der Waals surface area contributed by atoms with Crippen molar-refractivity contribution in [3.05, 3.63) is 54.0 Å². The van der Waals surface area contributed by atoms with E-state index in [1.807, 2.05) is 20.0 Å².